The minimum atomic E-state index is -0.784. The molecule has 1 N–H and O–H groups in total. The number of aliphatic carboxylic acids is 1. The maximum atomic E-state index is 12.8. The molecule has 0 radical (unpaired) electrons. The van der Waals surface area contributed by atoms with E-state index < -0.39 is 11.4 Å². The summed E-state index contributed by atoms with van der Waals surface area (Å²) in [5, 5.41) is 9.23. The fourth-order valence-electron chi connectivity index (χ4n) is 4.93. The Kier molecular flexibility index (Phi) is 9.05. The lowest BCUT2D eigenvalue weighted by molar-refractivity contribution is -0.147. The summed E-state index contributed by atoms with van der Waals surface area (Å²) in [6.45, 7) is 7.63. The number of hydrogen-bond acceptors (Lipinski definition) is 4. The van der Waals surface area contributed by atoms with Crippen LogP contribution in [0.5, 0.6) is 0 Å². The van der Waals surface area contributed by atoms with Gasteiger partial charge in [-0.3, -0.25) is 14.4 Å². The van der Waals surface area contributed by atoms with Crippen molar-refractivity contribution in [1.29, 1.82) is 0 Å². The van der Waals surface area contributed by atoms with Crippen LogP contribution in [-0.4, -0.2) is 35.4 Å². The van der Waals surface area contributed by atoms with Gasteiger partial charge in [-0.05, 0) is 85.5 Å². The molecule has 2 fully saturated rings. The van der Waals surface area contributed by atoms with E-state index in [1.54, 1.807) is 21.0 Å². The number of carbonyl (C=O) groups excluding carboxylic acids is 2. The molecule has 0 aromatic heterocycles. The molecule has 2 rings (SSSR count). The highest BCUT2D eigenvalue weighted by atomic mass is 16.5. The monoisotopic (exact) mass is 434 g/mol. The Morgan fingerprint density at radius 3 is 1.77 bits per heavy atom. The predicted octanol–water partition coefficient (Wildman–Crippen LogP) is 5.61. The molecular formula is C26H42O5. The Balaban J connectivity index is 1.76. The molecule has 0 saturated heterocycles. The summed E-state index contributed by atoms with van der Waals surface area (Å²) in [5.41, 5.74) is -0.872. The molecule has 2 aliphatic carbocycles. The summed E-state index contributed by atoms with van der Waals surface area (Å²) in [4.78, 5) is 36.7. The first-order valence-electron chi connectivity index (χ1n) is 12.0. The number of carboxylic acids is 1. The fourth-order valence-corrected chi connectivity index (χ4v) is 4.93. The lowest BCUT2D eigenvalue weighted by Gasteiger charge is -2.23. The smallest absolute Gasteiger partial charge is 0.309 e. The van der Waals surface area contributed by atoms with Crippen molar-refractivity contribution in [3.8, 4) is 0 Å². The Morgan fingerprint density at radius 2 is 1.35 bits per heavy atom. The molecule has 0 aliphatic heterocycles. The summed E-state index contributed by atoms with van der Waals surface area (Å²) >= 11 is 0. The van der Waals surface area contributed by atoms with Crippen LogP contribution in [0.1, 0.15) is 91.9 Å². The van der Waals surface area contributed by atoms with Gasteiger partial charge in [-0.25, -0.2) is 0 Å². The van der Waals surface area contributed by atoms with Crippen molar-refractivity contribution < 1.29 is 24.2 Å². The van der Waals surface area contributed by atoms with Crippen LogP contribution < -0.4 is 0 Å². The summed E-state index contributed by atoms with van der Waals surface area (Å²) < 4.78 is 5.46. The molecule has 31 heavy (non-hydrogen) atoms. The van der Waals surface area contributed by atoms with Crippen LogP contribution in [0.3, 0.4) is 0 Å². The average molecular weight is 435 g/mol. The topological polar surface area (TPSA) is 80.7 Å². The van der Waals surface area contributed by atoms with Crippen molar-refractivity contribution in [2.24, 2.45) is 29.1 Å². The minimum absolute atomic E-state index is 0.0374. The van der Waals surface area contributed by atoms with E-state index in [2.05, 4.69) is 13.8 Å². The normalized spacial score (nSPS) is 27.5. The van der Waals surface area contributed by atoms with Crippen LogP contribution in [0.2, 0.25) is 0 Å². The maximum absolute atomic E-state index is 12.8. The van der Waals surface area contributed by atoms with E-state index in [-0.39, 0.29) is 35.1 Å². The molecule has 5 heteroatoms. The van der Waals surface area contributed by atoms with E-state index >= 15 is 0 Å². The SMILES string of the molecule is COC(C)(C)CCCC1CCC(/C=C\C2CCC(CCCC(C)(C)C(=O)O)C2=O)C1=O. The van der Waals surface area contributed by atoms with Gasteiger partial charge in [0.1, 0.15) is 11.6 Å². The molecule has 4 atom stereocenters. The van der Waals surface area contributed by atoms with Crippen molar-refractivity contribution in [2.75, 3.05) is 7.11 Å². The number of ether oxygens (including phenoxy) is 1. The van der Waals surface area contributed by atoms with E-state index in [4.69, 9.17) is 4.74 Å². The number of carbonyl (C=O) groups is 3. The van der Waals surface area contributed by atoms with Crippen molar-refractivity contribution in [3.63, 3.8) is 0 Å². The number of carboxylic acid groups (broad SMARTS) is 1. The van der Waals surface area contributed by atoms with Crippen molar-refractivity contribution in [1.82, 2.24) is 0 Å². The lowest BCUT2D eigenvalue weighted by atomic mass is 9.85. The first-order chi connectivity index (χ1) is 14.5. The van der Waals surface area contributed by atoms with Crippen molar-refractivity contribution in [3.05, 3.63) is 12.2 Å². The Bertz CT molecular complexity index is 675. The van der Waals surface area contributed by atoms with Crippen molar-refractivity contribution in [2.45, 2.75) is 97.5 Å². The summed E-state index contributed by atoms with van der Waals surface area (Å²) in [6.07, 6.45) is 12.5. The van der Waals surface area contributed by atoms with Gasteiger partial charge in [-0.1, -0.05) is 18.6 Å². The Morgan fingerprint density at radius 1 is 0.903 bits per heavy atom. The van der Waals surface area contributed by atoms with Gasteiger partial charge in [0.05, 0.1) is 11.0 Å². The first-order valence-corrected chi connectivity index (χ1v) is 12.0. The summed E-state index contributed by atoms with van der Waals surface area (Å²) in [7, 11) is 1.73. The van der Waals surface area contributed by atoms with Crippen LogP contribution in [-0.2, 0) is 19.1 Å². The number of rotatable bonds is 12. The first kappa shape index (κ1) is 25.8. The molecule has 176 valence electrons. The number of Topliss-reactive ketones (excluding diaryl/α,β-unsaturated/α-hetero) is 2. The largest absolute Gasteiger partial charge is 0.481 e. The Hall–Kier alpha value is -1.49. The van der Waals surface area contributed by atoms with Crippen LogP contribution in [0.15, 0.2) is 12.2 Å². The highest BCUT2D eigenvalue weighted by Crippen LogP contribution is 2.36. The van der Waals surface area contributed by atoms with E-state index in [9.17, 15) is 19.5 Å². The van der Waals surface area contributed by atoms with Crippen LogP contribution in [0, 0.1) is 29.1 Å². The van der Waals surface area contributed by atoms with Crippen LogP contribution >= 0.6 is 0 Å². The standard InChI is InChI=1S/C26H42O5/c1-25(2,24(29)30)16-6-8-18-10-12-20(22(18)27)14-15-21-13-11-19(23(21)28)9-7-17-26(3,4)31-5/h14-15,18-21H,6-13,16-17H2,1-5H3,(H,29,30)/b15-14-. The number of ketones is 2. The zero-order chi connectivity index (χ0) is 23.2. The van der Waals surface area contributed by atoms with Gasteiger partial charge in [-0.2, -0.15) is 0 Å². The number of methoxy groups -OCH3 is 1. The summed E-state index contributed by atoms with van der Waals surface area (Å²) in [6, 6.07) is 0. The van der Waals surface area contributed by atoms with E-state index in [0.29, 0.717) is 12.2 Å². The highest BCUT2D eigenvalue weighted by Gasteiger charge is 2.35. The fraction of sp³-hybridized carbons (Fsp3) is 0.808. The van der Waals surface area contributed by atoms with Gasteiger partial charge in [0.2, 0.25) is 0 Å². The molecule has 2 aliphatic rings. The number of hydrogen-bond donors (Lipinski definition) is 1. The van der Waals surface area contributed by atoms with E-state index in [1.165, 1.54) is 0 Å². The second-order valence-electron chi connectivity index (χ2n) is 10.9. The molecule has 0 bridgehead atoms. The molecule has 0 aromatic rings. The van der Waals surface area contributed by atoms with Crippen LogP contribution in [0.4, 0.5) is 0 Å². The van der Waals surface area contributed by atoms with Gasteiger partial charge in [-0.15, -0.1) is 0 Å². The van der Waals surface area contributed by atoms with Crippen LogP contribution in [0.25, 0.3) is 0 Å². The molecule has 0 heterocycles. The predicted molar refractivity (Wildman–Crippen MR) is 122 cm³/mol. The second-order valence-corrected chi connectivity index (χ2v) is 10.9. The third-order valence-electron chi connectivity index (χ3n) is 7.58. The quantitative estimate of drug-likeness (QED) is 0.404. The zero-order valence-electron chi connectivity index (χ0n) is 20.1. The zero-order valence-corrected chi connectivity index (χ0v) is 20.1. The van der Waals surface area contributed by atoms with Gasteiger partial charge in [0.15, 0.2) is 0 Å². The summed E-state index contributed by atoms with van der Waals surface area (Å²) in [5.74, 6) is -0.108. The molecule has 5 nitrogen and oxygen atoms in total. The second kappa shape index (κ2) is 10.9. The third-order valence-corrected chi connectivity index (χ3v) is 7.58. The molecular weight excluding hydrogens is 392 g/mol. The van der Waals surface area contributed by atoms with Gasteiger partial charge >= 0.3 is 5.97 Å². The molecule has 0 amide bonds. The third kappa shape index (κ3) is 7.27. The average Bonchev–Trinajstić information content (AvgIpc) is 3.23. The Labute approximate surface area is 188 Å². The molecule has 4 unspecified atom stereocenters. The molecule has 0 aromatic carbocycles. The van der Waals surface area contributed by atoms with E-state index in [0.717, 1.165) is 57.8 Å². The highest BCUT2D eigenvalue weighted by molar-refractivity contribution is 5.88. The number of allylic oxidation sites excluding steroid dienone is 2. The molecule has 0 spiro atoms. The van der Waals surface area contributed by atoms with Gasteiger partial charge in [0.25, 0.3) is 0 Å². The lowest BCUT2D eigenvalue weighted by Crippen LogP contribution is -2.24. The van der Waals surface area contributed by atoms with Gasteiger partial charge in [0, 0.05) is 30.8 Å². The van der Waals surface area contributed by atoms with E-state index in [1.807, 2.05) is 12.2 Å². The molecule has 2 saturated carbocycles. The van der Waals surface area contributed by atoms with Gasteiger partial charge < -0.3 is 9.84 Å². The maximum Gasteiger partial charge on any atom is 0.309 e. The van der Waals surface area contributed by atoms with Crippen molar-refractivity contribution >= 4 is 17.5 Å². The minimum Gasteiger partial charge on any atom is -0.481 e.